The van der Waals surface area contributed by atoms with Crippen LogP contribution in [0, 0.1) is 0 Å². The van der Waals surface area contributed by atoms with Crippen molar-refractivity contribution in [3.8, 4) is 11.1 Å². The van der Waals surface area contributed by atoms with Crippen LogP contribution in [0.3, 0.4) is 0 Å². The predicted molar refractivity (Wildman–Crippen MR) is 128 cm³/mol. The Morgan fingerprint density at radius 2 is 1.65 bits per heavy atom. The average molecular weight is 430 g/mol. The van der Waals surface area contributed by atoms with Gasteiger partial charge in [-0.3, -0.25) is 9.59 Å². The van der Waals surface area contributed by atoms with E-state index in [4.69, 9.17) is 11.6 Å². The summed E-state index contributed by atoms with van der Waals surface area (Å²) in [6, 6.07) is 20.5. The maximum Gasteiger partial charge on any atom is 0.258 e. The first-order valence-corrected chi connectivity index (χ1v) is 10.0. The molecule has 0 aliphatic heterocycles. The van der Waals surface area contributed by atoms with Crippen LogP contribution >= 0.6 is 11.6 Å². The van der Waals surface area contributed by atoms with Crippen LogP contribution in [0.2, 0.25) is 5.02 Å². The van der Waals surface area contributed by atoms with Crippen LogP contribution in [-0.2, 0) is 11.8 Å². The number of benzene rings is 3. The Morgan fingerprint density at radius 1 is 0.968 bits per heavy atom. The number of halogens is 1. The van der Waals surface area contributed by atoms with E-state index < -0.39 is 0 Å². The lowest BCUT2D eigenvalue weighted by Crippen LogP contribution is -2.16. The fourth-order valence-electron chi connectivity index (χ4n) is 3.47. The van der Waals surface area contributed by atoms with Crippen molar-refractivity contribution in [2.24, 2.45) is 7.05 Å². The van der Waals surface area contributed by atoms with Crippen molar-refractivity contribution in [3.05, 3.63) is 101 Å². The molecule has 6 heteroatoms. The first-order valence-electron chi connectivity index (χ1n) is 9.65. The highest BCUT2D eigenvalue weighted by Gasteiger charge is 2.14. The van der Waals surface area contributed by atoms with Gasteiger partial charge in [-0.1, -0.05) is 36.4 Å². The second kappa shape index (κ2) is 8.50. The number of amides is 1. The lowest BCUT2D eigenvalue weighted by molar-refractivity contribution is -0.111. The van der Waals surface area contributed by atoms with Gasteiger partial charge in [0.25, 0.3) is 5.56 Å². The minimum Gasteiger partial charge on any atom is -0.355 e. The lowest BCUT2D eigenvalue weighted by Gasteiger charge is -2.17. The molecule has 0 unspecified atom stereocenters. The van der Waals surface area contributed by atoms with Crippen molar-refractivity contribution in [1.82, 2.24) is 4.57 Å². The van der Waals surface area contributed by atoms with Crippen molar-refractivity contribution >= 4 is 45.3 Å². The molecule has 0 bridgehead atoms. The predicted octanol–water partition coefficient (Wildman–Crippen LogP) is 5.73. The van der Waals surface area contributed by atoms with Crippen molar-refractivity contribution in [2.75, 3.05) is 10.6 Å². The molecule has 3 aromatic carbocycles. The van der Waals surface area contributed by atoms with Gasteiger partial charge in [-0.15, -0.1) is 0 Å². The van der Waals surface area contributed by atoms with Gasteiger partial charge in [0.15, 0.2) is 0 Å². The molecule has 0 aliphatic rings. The molecular formula is C25H20ClN3O2. The molecule has 1 amide bonds. The smallest absolute Gasteiger partial charge is 0.258 e. The molecule has 4 aromatic rings. The second-order valence-electron chi connectivity index (χ2n) is 7.09. The molecule has 5 nitrogen and oxygen atoms in total. The maximum absolute atomic E-state index is 12.6. The number of fused-ring (bicyclic) bond motifs is 1. The van der Waals surface area contributed by atoms with E-state index in [1.807, 2.05) is 72.9 Å². The molecule has 0 fully saturated rings. The number of hydrogen-bond acceptors (Lipinski definition) is 3. The number of rotatable bonds is 5. The van der Waals surface area contributed by atoms with Crippen LogP contribution in [0.5, 0.6) is 0 Å². The number of carbonyl (C=O) groups is 1. The highest BCUT2D eigenvalue weighted by Crippen LogP contribution is 2.36. The Morgan fingerprint density at radius 3 is 2.35 bits per heavy atom. The van der Waals surface area contributed by atoms with E-state index in [-0.39, 0.29) is 11.5 Å². The average Bonchev–Trinajstić information content (AvgIpc) is 2.78. The number of aryl methyl sites for hydroxylation is 1. The largest absolute Gasteiger partial charge is 0.355 e. The van der Waals surface area contributed by atoms with Crippen LogP contribution < -0.4 is 16.2 Å². The first kappa shape index (κ1) is 20.4. The number of nitrogens with one attached hydrogen (secondary N) is 2. The van der Waals surface area contributed by atoms with Gasteiger partial charge in [-0.25, -0.2) is 0 Å². The van der Waals surface area contributed by atoms with E-state index >= 15 is 0 Å². The molecule has 1 heterocycles. The number of nitrogens with zero attached hydrogens (tertiary/aromatic N) is 1. The van der Waals surface area contributed by atoms with Crippen molar-refractivity contribution in [2.45, 2.75) is 0 Å². The molecule has 2 N–H and O–H groups in total. The van der Waals surface area contributed by atoms with Crippen molar-refractivity contribution < 1.29 is 4.79 Å². The van der Waals surface area contributed by atoms with E-state index in [2.05, 4.69) is 17.2 Å². The van der Waals surface area contributed by atoms with E-state index in [0.29, 0.717) is 16.1 Å². The summed E-state index contributed by atoms with van der Waals surface area (Å²) in [5, 5.41) is 8.32. The highest BCUT2D eigenvalue weighted by atomic mass is 35.5. The van der Waals surface area contributed by atoms with E-state index in [1.165, 1.54) is 6.08 Å². The normalized spacial score (nSPS) is 10.6. The third kappa shape index (κ3) is 4.22. The Kier molecular flexibility index (Phi) is 5.60. The molecule has 0 spiro atoms. The molecule has 0 atom stereocenters. The van der Waals surface area contributed by atoms with Crippen LogP contribution in [0.15, 0.2) is 90.4 Å². The third-order valence-electron chi connectivity index (χ3n) is 4.98. The molecule has 0 saturated heterocycles. The first-order chi connectivity index (χ1) is 15.0. The Balaban J connectivity index is 1.93. The zero-order valence-corrected chi connectivity index (χ0v) is 17.6. The van der Waals surface area contributed by atoms with Gasteiger partial charge in [0.05, 0.1) is 0 Å². The molecule has 1 aromatic heterocycles. The summed E-state index contributed by atoms with van der Waals surface area (Å²) in [5.74, 6) is -0.297. The Hall–Kier alpha value is -3.83. The topological polar surface area (TPSA) is 63.1 Å². The van der Waals surface area contributed by atoms with Crippen molar-refractivity contribution in [1.29, 1.82) is 0 Å². The molecule has 0 saturated carbocycles. The number of hydrogen-bond donors (Lipinski definition) is 2. The van der Waals surface area contributed by atoms with Crippen LogP contribution in [-0.4, -0.2) is 10.5 Å². The van der Waals surface area contributed by atoms with E-state index in [0.717, 1.165) is 27.9 Å². The second-order valence-corrected chi connectivity index (χ2v) is 7.53. The van der Waals surface area contributed by atoms with Gasteiger partial charge in [0.1, 0.15) is 0 Å². The third-order valence-corrected chi connectivity index (χ3v) is 5.23. The Labute approximate surface area is 184 Å². The summed E-state index contributed by atoms with van der Waals surface area (Å²) in [6.45, 7) is 3.51. The van der Waals surface area contributed by atoms with Gasteiger partial charge < -0.3 is 15.2 Å². The monoisotopic (exact) mass is 429 g/mol. The summed E-state index contributed by atoms with van der Waals surface area (Å²) < 4.78 is 1.57. The van der Waals surface area contributed by atoms with E-state index in [9.17, 15) is 9.59 Å². The van der Waals surface area contributed by atoms with E-state index in [1.54, 1.807) is 11.6 Å². The number of carbonyl (C=O) groups excluding carboxylic acids is 1. The van der Waals surface area contributed by atoms with Crippen LogP contribution in [0.4, 0.5) is 17.1 Å². The van der Waals surface area contributed by atoms with Gasteiger partial charge in [-0.05, 0) is 60.0 Å². The van der Waals surface area contributed by atoms with Crippen LogP contribution in [0.1, 0.15) is 0 Å². The molecule has 154 valence electrons. The fourth-order valence-corrected chi connectivity index (χ4v) is 3.59. The lowest BCUT2D eigenvalue weighted by atomic mass is 9.98. The summed E-state index contributed by atoms with van der Waals surface area (Å²) >= 11 is 6.01. The van der Waals surface area contributed by atoms with Gasteiger partial charge in [-0.2, -0.15) is 0 Å². The fraction of sp³-hybridized carbons (Fsp3) is 0.0400. The summed E-state index contributed by atoms with van der Waals surface area (Å²) in [4.78, 5) is 24.5. The molecule has 4 rings (SSSR count). The number of pyridine rings is 1. The van der Waals surface area contributed by atoms with Crippen LogP contribution in [0.25, 0.3) is 21.9 Å². The zero-order chi connectivity index (χ0) is 22.0. The SMILES string of the molecule is C=CC(=O)Nc1ccc(Nc2ccc(Cl)cc2)c(-c2cn(C)c(=O)c3ccccc23)c1. The molecule has 0 aliphatic carbocycles. The zero-order valence-electron chi connectivity index (χ0n) is 16.9. The number of aromatic nitrogens is 1. The minimum atomic E-state index is -0.297. The maximum atomic E-state index is 12.6. The molecule has 0 radical (unpaired) electrons. The van der Waals surface area contributed by atoms with Crippen molar-refractivity contribution in [3.63, 3.8) is 0 Å². The standard InChI is InChI=1S/C25H20ClN3O2/c1-3-24(30)28-18-12-13-23(27-17-10-8-16(26)9-11-17)21(14-18)22-15-29(2)25(31)20-7-5-4-6-19(20)22/h3-15,27H,1H2,2H3,(H,28,30). The summed E-state index contributed by atoms with van der Waals surface area (Å²) in [5.41, 5.74) is 3.94. The summed E-state index contributed by atoms with van der Waals surface area (Å²) in [6.07, 6.45) is 3.04. The quantitative estimate of drug-likeness (QED) is 0.398. The molecular weight excluding hydrogens is 410 g/mol. The van der Waals surface area contributed by atoms with Gasteiger partial charge in [0, 0.05) is 51.8 Å². The Bertz CT molecular complexity index is 1360. The number of anilines is 3. The summed E-state index contributed by atoms with van der Waals surface area (Å²) in [7, 11) is 1.73. The van der Waals surface area contributed by atoms with Gasteiger partial charge in [0.2, 0.25) is 5.91 Å². The highest BCUT2D eigenvalue weighted by molar-refractivity contribution is 6.30. The van der Waals surface area contributed by atoms with Gasteiger partial charge >= 0.3 is 0 Å². The minimum absolute atomic E-state index is 0.0670. The molecule has 31 heavy (non-hydrogen) atoms.